The number of ether oxygens (including phenoxy) is 1. The maximum absolute atomic E-state index is 16.5. The van der Waals surface area contributed by atoms with Gasteiger partial charge in [-0.25, -0.2) is 8.42 Å². The maximum atomic E-state index is 16.5. The van der Waals surface area contributed by atoms with E-state index in [1.54, 1.807) is 42.5 Å². The number of carbonyl (C=O) groups excluding carboxylic acids is 1. The van der Waals surface area contributed by atoms with E-state index in [0.717, 1.165) is 36.6 Å². The molecule has 1 atom stereocenters. The number of hydrogen-bond acceptors (Lipinski definition) is 6. The minimum absolute atomic E-state index is 0.0102. The van der Waals surface area contributed by atoms with Crippen LogP contribution in [0.25, 0.3) is 21.9 Å². The fourth-order valence-electron chi connectivity index (χ4n) is 6.50. The lowest BCUT2D eigenvalue weighted by atomic mass is 9.93. The quantitative estimate of drug-likeness (QED) is 0.0709. The molecule has 1 saturated carbocycles. The summed E-state index contributed by atoms with van der Waals surface area (Å²) in [4.78, 5) is 14.8. The van der Waals surface area contributed by atoms with E-state index < -0.39 is 33.5 Å². The van der Waals surface area contributed by atoms with Crippen molar-refractivity contribution in [2.75, 3.05) is 13.1 Å². The molecule has 1 amide bonds. The van der Waals surface area contributed by atoms with Crippen molar-refractivity contribution in [3.63, 3.8) is 0 Å². The molecule has 1 aliphatic heterocycles. The van der Waals surface area contributed by atoms with E-state index in [2.05, 4.69) is 9.88 Å². The van der Waals surface area contributed by atoms with Crippen molar-refractivity contribution in [1.29, 1.82) is 0 Å². The van der Waals surface area contributed by atoms with Crippen LogP contribution in [-0.4, -0.2) is 55.5 Å². The summed E-state index contributed by atoms with van der Waals surface area (Å²) in [6, 6.07) is 19.4. The number of benzene rings is 4. The van der Waals surface area contributed by atoms with E-state index in [1.807, 2.05) is 6.07 Å². The van der Waals surface area contributed by atoms with Gasteiger partial charge in [-0.05, 0) is 96.8 Å². The van der Waals surface area contributed by atoms with Crippen LogP contribution in [0, 0.1) is 5.92 Å². The van der Waals surface area contributed by atoms with E-state index in [1.165, 1.54) is 41.3 Å². The van der Waals surface area contributed by atoms with E-state index in [4.69, 9.17) is 27.3 Å². The second kappa shape index (κ2) is 14.3. The molecule has 0 bridgehead atoms. The largest absolute Gasteiger partial charge is 0.490 e. The number of sulfonamides is 1. The van der Waals surface area contributed by atoms with E-state index >= 15 is 8.78 Å². The van der Waals surface area contributed by atoms with Gasteiger partial charge in [0.25, 0.3) is 5.92 Å². The Morgan fingerprint density at radius 2 is 1.51 bits per heavy atom. The molecule has 0 aromatic heterocycles. The Kier molecular flexibility index (Phi) is 10.1. The number of fused-ring (bicyclic) bond motifs is 1. The van der Waals surface area contributed by atoms with Crippen LogP contribution in [-0.2, 0) is 20.7 Å². The Balaban J connectivity index is 1.29. The van der Waals surface area contributed by atoms with Gasteiger partial charge in [-0.1, -0.05) is 65.3 Å². The zero-order valence-electron chi connectivity index (χ0n) is 26.6. The average molecular weight is 711 g/mol. The van der Waals surface area contributed by atoms with Gasteiger partial charge in [0, 0.05) is 29.6 Å². The number of nitrogens with zero attached hydrogens (tertiary/aromatic N) is 2. The zero-order chi connectivity index (χ0) is 34.8. The first-order chi connectivity index (χ1) is 23.4. The third-order valence-corrected chi connectivity index (χ3v) is 11.0. The van der Waals surface area contributed by atoms with Crippen molar-refractivity contribution < 1.29 is 31.9 Å². The van der Waals surface area contributed by atoms with Gasteiger partial charge in [0.1, 0.15) is 11.6 Å². The highest BCUT2D eigenvalue weighted by molar-refractivity contribution is 7.89. The summed E-state index contributed by atoms with van der Waals surface area (Å²) in [5, 5.41) is 13.9. The smallest absolute Gasteiger partial charge is 0.298 e. The fraction of sp³-hybridized carbons (Fsp3) is 0.333. The minimum Gasteiger partial charge on any atom is -0.490 e. The topological polar surface area (TPSA) is 134 Å². The van der Waals surface area contributed by atoms with Gasteiger partial charge in [0.2, 0.25) is 15.9 Å². The second-order valence-corrected chi connectivity index (χ2v) is 14.7. The molecular formula is C36H37ClF2N4O5S. The summed E-state index contributed by atoms with van der Waals surface area (Å²) in [5.41, 5.74) is 6.58. The van der Waals surface area contributed by atoms with Crippen LogP contribution in [0.3, 0.4) is 0 Å². The van der Waals surface area contributed by atoms with Gasteiger partial charge >= 0.3 is 0 Å². The number of amides is 1. The molecule has 2 aliphatic rings. The summed E-state index contributed by atoms with van der Waals surface area (Å²) in [6.45, 7) is 0.0372. The standard InChI is InChI=1S/C36H37ClF2N4O5S/c37-29-13-7-24(8-14-29)23-5-11-28(12-6-23)36(38,39)33(35(44)43-19-17-25(18-20-43)34(40)41-45)42-49(46,47)32-16-10-26-21-31(15-9-27(26)22-32)48-30-3-1-2-4-30/h5-16,21-22,25,30,33,42,45H,1-4,17-20H2,(H2,40,41). The van der Waals surface area contributed by atoms with Crippen LogP contribution in [0.4, 0.5) is 8.78 Å². The van der Waals surface area contributed by atoms with Crippen LogP contribution in [0.2, 0.25) is 5.02 Å². The number of amidine groups is 1. The Morgan fingerprint density at radius 1 is 0.918 bits per heavy atom. The van der Waals surface area contributed by atoms with Crippen molar-refractivity contribution in [2.24, 2.45) is 16.8 Å². The molecule has 2 fully saturated rings. The molecule has 9 nitrogen and oxygen atoms in total. The predicted molar refractivity (Wildman–Crippen MR) is 184 cm³/mol. The zero-order valence-corrected chi connectivity index (χ0v) is 28.1. The Bertz CT molecular complexity index is 1940. The SMILES string of the molecule is N/C(=N\O)C1CCN(C(=O)C(NS(=O)(=O)c2ccc3cc(OC4CCCC4)ccc3c2)C(F)(F)c2ccc(-c3ccc(Cl)cc3)cc2)CC1. The molecule has 258 valence electrons. The minimum atomic E-state index is -4.63. The number of oxime groups is 1. The van der Waals surface area contributed by atoms with E-state index in [9.17, 15) is 13.2 Å². The normalized spacial score (nSPS) is 17.4. The molecule has 4 aromatic carbocycles. The highest BCUT2D eigenvalue weighted by Gasteiger charge is 2.50. The van der Waals surface area contributed by atoms with Crippen molar-refractivity contribution in [3.8, 4) is 16.9 Å². The molecular weight excluding hydrogens is 674 g/mol. The molecule has 4 aromatic rings. The molecule has 0 spiro atoms. The number of nitrogens with one attached hydrogen (secondary N) is 1. The van der Waals surface area contributed by atoms with Crippen molar-refractivity contribution in [1.82, 2.24) is 9.62 Å². The first-order valence-electron chi connectivity index (χ1n) is 16.2. The average Bonchev–Trinajstić information content (AvgIpc) is 3.63. The highest BCUT2D eigenvalue weighted by Crippen LogP contribution is 2.36. The van der Waals surface area contributed by atoms with Crippen LogP contribution < -0.4 is 15.2 Å². The first kappa shape index (κ1) is 34.6. The van der Waals surface area contributed by atoms with E-state index in [-0.39, 0.29) is 48.7 Å². The lowest BCUT2D eigenvalue weighted by Gasteiger charge is -2.36. The van der Waals surface area contributed by atoms with Gasteiger partial charge in [-0.2, -0.15) is 13.5 Å². The number of halogens is 3. The number of piperidine rings is 1. The third-order valence-electron chi connectivity index (χ3n) is 9.37. The van der Waals surface area contributed by atoms with Crippen LogP contribution in [0.1, 0.15) is 44.1 Å². The number of alkyl halides is 2. The lowest BCUT2D eigenvalue weighted by molar-refractivity contribution is -0.145. The predicted octanol–water partition coefficient (Wildman–Crippen LogP) is 6.91. The number of carbonyl (C=O) groups is 1. The summed E-state index contributed by atoms with van der Waals surface area (Å²) < 4.78 is 68.7. The van der Waals surface area contributed by atoms with Gasteiger partial charge in [-0.3, -0.25) is 4.79 Å². The first-order valence-corrected chi connectivity index (χ1v) is 18.0. The van der Waals surface area contributed by atoms with Crippen LogP contribution >= 0.6 is 11.6 Å². The number of rotatable bonds is 10. The molecule has 1 aliphatic carbocycles. The van der Waals surface area contributed by atoms with Gasteiger partial charge in [0.05, 0.1) is 11.0 Å². The maximum Gasteiger partial charge on any atom is 0.298 e. The number of nitrogens with two attached hydrogens (primary N) is 1. The fourth-order valence-corrected chi connectivity index (χ4v) is 7.85. The van der Waals surface area contributed by atoms with Crippen molar-refractivity contribution in [2.45, 2.75) is 61.5 Å². The van der Waals surface area contributed by atoms with Crippen molar-refractivity contribution in [3.05, 3.63) is 95.5 Å². The molecule has 4 N–H and O–H groups in total. The lowest BCUT2D eigenvalue weighted by Crippen LogP contribution is -2.57. The van der Waals surface area contributed by atoms with Crippen LogP contribution in [0.15, 0.2) is 95.0 Å². The molecule has 1 unspecified atom stereocenters. The summed E-state index contributed by atoms with van der Waals surface area (Å²) >= 11 is 5.98. The van der Waals surface area contributed by atoms with Crippen molar-refractivity contribution >= 4 is 44.1 Å². The monoisotopic (exact) mass is 710 g/mol. The van der Waals surface area contributed by atoms with Crippen LogP contribution in [0.5, 0.6) is 5.75 Å². The summed E-state index contributed by atoms with van der Waals surface area (Å²) in [7, 11) is -4.63. The molecule has 0 radical (unpaired) electrons. The number of likely N-dealkylation sites (tertiary alicyclic amines) is 1. The Labute approximate surface area is 288 Å². The molecule has 1 heterocycles. The summed E-state index contributed by atoms with van der Waals surface area (Å²) in [5.74, 6) is -4.70. The second-order valence-electron chi connectivity index (χ2n) is 12.6. The molecule has 6 rings (SSSR count). The molecule has 13 heteroatoms. The number of hydrogen-bond donors (Lipinski definition) is 3. The highest BCUT2D eigenvalue weighted by atomic mass is 35.5. The molecule has 1 saturated heterocycles. The van der Waals surface area contributed by atoms with E-state index in [0.29, 0.717) is 21.7 Å². The molecule has 49 heavy (non-hydrogen) atoms. The van der Waals surface area contributed by atoms with Gasteiger partial charge < -0.3 is 20.6 Å². The third kappa shape index (κ3) is 7.66. The summed E-state index contributed by atoms with van der Waals surface area (Å²) in [6.07, 6.45) is 4.89. The Morgan fingerprint density at radius 3 is 2.14 bits per heavy atom. The Hall–Kier alpha value is -4.26. The van der Waals surface area contributed by atoms with Gasteiger partial charge in [0.15, 0.2) is 6.04 Å². The van der Waals surface area contributed by atoms with Gasteiger partial charge in [-0.15, -0.1) is 0 Å².